The Morgan fingerprint density at radius 1 is 1.45 bits per heavy atom. The third-order valence-electron chi connectivity index (χ3n) is 4.25. The zero-order valence-electron chi connectivity index (χ0n) is 13.8. The molecule has 0 aliphatic carbocycles. The molecule has 0 unspecified atom stereocenters. The van der Waals surface area contributed by atoms with Crippen molar-refractivity contribution in [3.63, 3.8) is 0 Å². The highest BCUT2D eigenvalue weighted by Crippen LogP contribution is 2.29. The van der Waals surface area contributed by atoms with Gasteiger partial charge in [0, 0.05) is 19.3 Å². The molecule has 0 saturated carbocycles. The summed E-state index contributed by atoms with van der Waals surface area (Å²) in [6.45, 7) is 7.51. The van der Waals surface area contributed by atoms with E-state index in [9.17, 15) is 4.79 Å². The molecule has 2 N–H and O–H groups in total. The van der Waals surface area contributed by atoms with E-state index in [0.29, 0.717) is 11.7 Å². The van der Waals surface area contributed by atoms with Gasteiger partial charge in [0.2, 0.25) is 0 Å². The maximum Gasteiger partial charge on any atom is 0.410 e. The highest BCUT2D eigenvalue weighted by Gasteiger charge is 2.29. The van der Waals surface area contributed by atoms with E-state index in [2.05, 4.69) is 11.9 Å². The van der Waals surface area contributed by atoms with Crippen LogP contribution < -0.4 is 5.73 Å². The quantitative estimate of drug-likeness (QED) is 0.923. The van der Waals surface area contributed by atoms with E-state index in [1.165, 1.54) is 5.56 Å². The number of nitrogens with zero attached hydrogens (tertiary/aromatic N) is 2. The molecule has 122 valence electrons. The van der Waals surface area contributed by atoms with Crippen LogP contribution in [0.3, 0.4) is 0 Å². The smallest absolute Gasteiger partial charge is 0.410 e. The van der Waals surface area contributed by atoms with Crippen molar-refractivity contribution < 1.29 is 9.53 Å². The molecular formula is C17H27N3O2. The number of likely N-dealkylation sites (tertiary alicyclic amines) is 1. The standard InChI is InChI=1S/C17H27N3O2/c1-4-8-17(2,3)22-16(21)20-10-6-13(7-11-20)14-5-9-19-15(18)12-14/h5,9,12-13H,4,6-8,10-11H2,1-3H3,(H2,18,19). The van der Waals surface area contributed by atoms with Crippen molar-refractivity contribution in [1.29, 1.82) is 0 Å². The van der Waals surface area contributed by atoms with Gasteiger partial charge in [-0.1, -0.05) is 13.3 Å². The Balaban J connectivity index is 1.88. The number of amides is 1. The molecule has 0 bridgehead atoms. The molecule has 0 atom stereocenters. The summed E-state index contributed by atoms with van der Waals surface area (Å²) in [6.07, 6.45) is 5.32. The number of nitrogen functional groups attached to an aromatic ring is 1. The minimum atomic E-state index is -0.387. The van der Waals surface area contributed by atoms with Crippen molar-refractivity contribution in [3.05, 3.63) is 23.9 Å². The SMILES string of the molecule is CCCC(C)(C)OC(=O)N1CCC(c2ccnc(N)c2)CC1. The predicted molar refractivity (Wildman–Crippen MR) is 87.7 cm³/mol. The predicted octanol–water partition coefficient (Wildman–Crippen LogP) is 3.56. The molecule has 0 aromatic carbocycles. The first-order chi connectivity index (χ1) is 10.4. The molecule has 2 heterocycles. The first kappa shape index (κ1) is 16.6. The molecule has 1 aliphatic rings. The molecular weight excluding hydrogens is 278 g/mol. The Labute approximate surface area is 132 Å². The second-order valence-corrected chi connectivity index (χ2v) is 6.65. The lowest BCUT2D eigenvalue weighted by atomic mass is 9.90. The van der Waals surface area contributed by atoms with E-state index in [4.69, 9.17) is 10.5 Å². The number of anilines is 1. The van der Waals surface area contributed by atoms with Gasteiger partial charge in [0.25, 0.3) is 0 Å². The van der Waals surface area contributed by atoms with Crippen LogP contribution in [0.1, 0.15) is 57.9 Å². The van der Waals surface area contributed by atoms with E-state index in [1.54, 1.807) is 6.20 Å². The Morgan fingerprint density at radius 3 is 2.73 bits per heavy atom. The third kappa shape index (κ3) is 4.36. The van der Waals surface area contributed by atoms with Gasteiger partial charge in [0.15, 0.2) is 0 Å². The van der Waals surface area contributed by atoms with Gasteiger partial charge in [-0.3, -0.25) is 0 Å². The highest BCUT2D eigenvalue weighted by atomic mass is 16.6. The maximum atomic E-state index is 12.3. The van der Waals surface area contributed by atoms with Crippen LogP contribution in [0.4, 0.5) is 10.6 Å². The molecule has 1 amide bonds. The van der Waals surface area contributed by atoms with E-state index in [1.807, 2.05) is 30.9 Å². The number of ether oxygens (including phenoxy) is 1. The van der Waals surface area contributed by atoms with Gasteiger partial charge >= 0.3 is 6.09 Å². The largest absolute Gasteiger partial charge is 0.443 e. The van der Waals surface area contributed by atoms with Crippen LogP contribution in [0, 0.1) is 0 Å². The Hall–Kier alpha value is -1.78. The normalized spacial score (nSPS) is 16.6. The summed E-state index contributed by atoms with van der Waals surface area (Å²) in [5.41, 5.74) is 6.57. The summed E-state index contributed by atoms with van der Waals surface area (Å²) in [7, 11) is 0. The molecule has 2 rings (SSSR count). The number of pyridine rings is 1. The molecule has 5 heteroatoms. The molecule has 0 spiro atoms. The summed E-state index contributed by atoms with van der Waals surface area (Å²) in [5.74, 6) is 0.999. The summed E-state index contributed by atoms with van der Waals surface area (Å²) in [4.78, 5) is 18.1. The highest BCUT2D eigenvalue weighted by molar-refractivity contribution is 5.68. The van der Waals surface area contributed by atoms with Crippen LogP contribution in [0.5, 0.6) is 0 Å². The van der Waals surface area contributed by atoms with Gasteiger partial charge in [0.1, 0.15) is 11.4 Å². The van der Waals surface area contributed by atoms with Gasteiger partial charge in [-0.2, -0.15) is 0 Å². The van der Waals surface area contributed by atoms with E-state index < -0.39 is 0 Å². The molecule has 1 saturated heterocycles. The van der Waals surface area contributed by atoms with Crippen molar-refractivity contribution in [2.75, 3.05) is 18.8 Å². The van der Waals surface area contributed by atoms with Gasteiger partial charge < -0.3 is 15.4 Å². The number of hydrogen-bond donors (Lipinski definition) is 1. The molecule has 22 heavy (non-hydrogen) atoms. The minimum absolute atomic E-state index is 0.189. The average Bonchev–Trinajstić information content (AvgIpc) is 2.47. The second-order valence-electron chi connectivity index (χ2n) is 6.65. The molecule has 1 aromatic heterocycles. The van der Waals surface area contributed by atoms with Crippen molar-refractivity contribution in [2.24, 2.45) is 0 Å². The fraction of sp³-hybridized carbons (Fsp3) is 0.647. The number of carbonyl (C=O) groups is 1. The average molecular weight is 305 g/mol. The van der Waals surface area contributed by atoms with Crippen molar-refractivity contribution >= 4 is 11.9 Å². The lowest BCUT2D eigenvalue weighted by Gasteiger charge is -2.34. The number of hydrogen-bond acceptors (Lipinski definition) is 4. The lowest BCUT2D eigenvalue weighted by Crippen LogP contribution is -2.42. The van der Waals surface area contributed by atoms with Crippen LogP contribution in [-0.2, 0) is 4.74 Å². The number of rotatable bonds is 4. The third-order valence-corrected chi connectivity index (χ3v) is 4.25. The van der Waals surface area contributed by atoms with E-state index >= 15 is 0 Å². The number of carbonyl (C=O) groups excluding carboxylic acids is 1. The molecule has 5 nitrogen and oxygen atoms in total. The van der Waals surface area contributed by atoms with Crippen LogP contribution in [0.25, 0.3) is 0 Å². The summed E-state index contributed by atoms with van der Waals surface area (Å²) >= 11 is 0. The molecule has 1 fully saturated rings. The monoisotopic (exact) mass is 305 g/mol. The Morgan fingerprint density at radius 2 is 2.14 bits per heavy atom. The Bertz CT molecular complexity index is 508. The van der Waals surface area contributed by atoms with Crippen LogP contribution in [0.2, 0.25) is 0 Å². The van der Waals surface area contributed by atoms with Gasteiger partial charge in [-0.25, -0.2) is 9.78 Å². The summed E-state index contributed by atoms with van der Waals surface area (Å²) in [6, 6.07) is 3.95. The topological polar surface area (TPSA) is 68.5 Å². The fourth-order valence-electron chi connectivity index (χ4n) is 3.07. The first-order valence-electron chi connectivity index (χ1n) is 8.10. The zero-order chi connectivity index (χ0) is 16.2. The van der Waals surface area contributed by atoms with Gasteiger partial charge in [-0.05, 0) is 56.7 Å². The number of nitrogens with two attached hydrogens (primary N) is 1. The van der Waals surface area contributed by atoms with Crippen LogP contribution >= 0.6 is 0 Å². The minimum Gasteiger partial charge on any atom is -0.443 e. The second kappa shape index (κ2) is 6.99. The van der Waals surface area contributed by atoms with Crippen molar-refractivity contribution in [3.8, 4) is 0 Å². The summed E-state index contributed by atoms with van der Waals surface area (Å²) in [5, 5.41) is 0. The van der Waals surface area contributed by atoms with Crippen LogP contribution in [0.15, 0.2) is 18.3 Å². The Kier molecular flexibility index (Phi) is 5.27. The van der Waals surface area contributed by atoms with E-state index in [0.717, 1.165) is 38.8 Å². The van der Waals surface area contributed by atoms with Crippen molar-refractivity contribution in [2.45, 2.75) is 58.0 Å². The van der Waals surface area contributed by atoms with Gasteiger partial charge in [0.05, 0.1) is 0 Å². The number of piperidine rings is 1. The van der Waals surface area contributed by atoms with E-state index in [-0.39, 0.29) is 11.7 Å². The van der Waals surface area contributed by atoms with Crippen LogP contribution in [-0.4, -0.2) is 34.7 Å². The summed E-state index contributed by atoms with van der Waals surface area (Å²) < 4.78 is 5.63. The van der Waals surface area contributed by atoms with Gasteiger partial charge in [-0.15, -0.1) is 0 Å². The number of aromatic nitrogens is 1. The maximum absolute atomic E-state index is 12.3. The van der Waals surface area contributed by atoms with Crippen molar-refractivity contribution in [1.82, 2.24) is 9.88 Å². The lowest BCUT2D eigenvalue weighted by molar-refractivity contribution is 0.00440. The zero-order valence-corrected chi connectivity index (χ0v) is 13.8. The molecule has 1 aromatic rings. The first-order valence-corrected chi connectivity index (χ1v) is 8.10. The molecule has 0 radical (unpaired) electrons. The molecule has 1 aliphatic heterocycles. The fourth-order valence-corrected chi connectivity index (χ4v) is 3.07.